The molecule has 1 saturated heterocycles. The van der Waals surface area contributed by atoms with Crippen molar-refractivity contribution < 1.29 is 4.79 Å². The molecular formula is C16H19N3O. The minimum absolute atomic E-state index is 0.0713. The number of fused-ring (bicyclic) bond motifs is 1. The second kappa shape index (κ2) is 5.59. The monoisotopic (exact) mass is 269 g/mol. The summed E-state index contributed by atoms with van der Waals surface area (Å²) < 4.78 is 0. The lowest BCUT2D eigenvalue weighted by molar-refractivity contribution is -0.121. The van der Waals surface area contributed by atoms with E-state index in [4.69, 9.17) is 0 Å². The van der Waals surface area contributed by atoms with Gasteiger partial charge in [-0.2, -0.15) is 0 Å². The largest absolute Gasteiger partial charge is 0.310 e. The Bertz CT molecular complexity index is 626. The fourth-order valence-electron chi connectivity index (χ4n) is 2.74. The van der Waals surface area contributed by atoms with Crippen LogP contribution in [0.1, 0.15) is 12.8 Å². The summed E-state index contributed by atoms with van der Waals surface area (Å²) in [6.07, 6.45) is 2.05. The maximum absolute atomic E-state index is 12.3. The first-order valence-corrected chi connectivity index (χ1v) is 7.07. The molecule has 3 rings (SSSR count). The SMILES string of the molecule is CN1CCCC(C(=O)Nc2ccc3ccccc3n2)C1. The van der Waals surface area contributed by atoms with Crippen LogP contribution < -0.4 is 5.32 Å². The van der Waals surface area contributed by atoms with E-state index in [-0.39, 0.29) is 11.8 Å². The fourth-order valence-corrected chi connectivity index (χ4v) is 2.74. The molecule has 1 unspecified atom stereocenters. The third-order valence-electron chi connectivity index (χ3n) is 3.84. The lowest BCUT2D eigenvalue weighted by atomic mass is 9.98. The van der Waals surface area contributed by atoms with Crippen molar-refractivity contribution in [3.63, 3.8) is 0 Å². The van der Waals surface area contributed by atoms with Gasteiger partial charge in [-0.25, -0.2) is 4.98 Å². The van der Waals surface area contributed by atoms with Crippen molar-refractivity contribution in [1.29, 1.82) is 0 Å². The Morgan fingerprint density at radius 2 is 2.15 bits per heavy atom. The van der Waals surface area contributed by atoms with E-state index >= 15 is 0 Å². The number of likely N-dealkylation sites (tertiary alicyclic amines) is 1. The number of rotatable bonds is 2. The number of nitrogens with zero attached hydrogens (tertiary/aromatic N) is 2. The first-order valence-electron chi connectivity index (χ1n) is 7.07. The molecule has 2 aromatic rings. The molecule has 2 heterocycles. The van der Waals surface area contributed by atoms with Gasteiger partial charge in [-0.1, -0.05) is 18.2 Å². The van der Waals surface area contributed by atoms with Gasteiger partial charge in [0.05, 0.1) is 11.4 Å². The van der Waals surface area contributed by atoms with Crippen molar-refractivity contribution in [2.75, 3.05) is 25.5 Å². The Hall–Kier alpha value is -1.94. The zero-order valence-corrected chi connectivity index (χ0v) is 11.7. The molecule has 0 spiro atoms. The summed E-state index contributed by atoms with van der Waals surface area (Å²) in [5.41, 5.74) is 0.908. The second-order valence-corrected chi connectivity index (χ2v) is 5.48. The molecule has 0 saturated carbocycles. The number of amides is 1. The van der Waals surface area contributed by atoms with Gasteiger partial charge in [0.1, 0.15) is 5.82 Å². The molecule has 1 atom stereocenters. The van der Waals surface area contributed by atoms with Gasteiger partial charge in [0.15, 0.2) is 0 Å². The van der Waals surface area contributed by atoms with Crippen LogP contribution >= 0.6 is 0 Å². The number of anilines is 1. The van der Waals surface area contributed by atoms with E-state index in [1.54, 1.807) is 0 Å². The van der Waals surface area contributed by atoms with Crippen LogP contribution in [0.5, 0.6) is 0 Å². The van der Waals surface area contributed by atoms with Crippen molar-refractivity contribution in [2.24, 2.45) is 5.92 Å². The van der Waals surface area contributed by atoms with Gasteiger partial charge in [-0.05, 0) is 44.6 Å². The average molecular weight is 269 g/mol. The highest BCUT2D eigenvalue weighted by Gasteiger charge is 2.24. The molecular weight excluding hydrogens is 250 g/mol. The fraction of sp³-hybridized carbons (Fsp3) is 0.375. The quantitative estimate of drug-likeness (QED) is 0.911. The molecule has 1 N–H and O–H groups in total. The van der Waals surface area contributed by atoms with Gasteiger partial charge >= 0.3 is 0 Å². The smallest absolute Gasteiger partial charge is 0.229 e. The van der Waals surface area contributed by atoms with E-state index in [2.05, 4.69) is 22.2 Å². The Labute approximate surface area is 118 Å². The zero-order chi connectivity index (χ0) is 13.9. The highest BCUT2D eigenvalue weighted by molar-refractivity contribution is 5.93. The molecule has 1 fully saturated rings. The summed E-state index contributed by atoms with van der Waals surface area (Å²) in [6.45, 7) is 1.91. The summed E-state index contributed by atoms with van der Waals surface area (Å²) in [5.74, 6) is 0.795. The molecule has 1 aliphatic heterocycles. The number of piperidine rings is 1. The van der Waals surface area contributed by atoms with Crippen LogP contribution in [0.4, 0.5) is 5.82 Å². The van der Waals surface area contributed by atoms with Gasteiger partial charge in [-0.15, -0.1) is 0 Å². The number of benzene rings is 1. The first kappa shape index (κ1) is 13.1. The predicted molar refractivity (Wildman–Crippen MR) is 80.6 cm³/mol. The molecule has 20 heavy (non-hydrogen) atoms. The summed E-state index contributed by atoms with van der Waals surface area (Å²) >= 11 is 0. The molecule has 0 radical (unpaired) electrons. The van der Waals surface area contributed by atoms with Gasteiger partial charge in [0.2, 0.25) is 5.91 Å². The summed E-state index contributed by atoms with van der Waals surface area (Å²) in [7, 11) is 2.06. The Morgan fingerprint density at radius 1 is 1.30 bits per heavy atom. The number of pyridine rings is 1. The van der Waals surface area contributed by atoms with Gasteiger partial charge in [-0.3, -0.25) is 4.79 Å². The van der Waals surface area contributed by atoms with Gasteiger partial charge in [0, 0.05) is 11.9 Å². The molecule has 104 valence electrons. The molecule has 0 aliphatic carbocycles. The van der Waals surface area contributed by atoms with Crippen LogP contribution in [0.25, 0.3) is 10.9 Å². The highest BCUT2D eigenvalue weighted by atomic mass is 16.2. The van der Waals surface area contributed by atoms with Crippen LogP contribution in [0.3, 0.4) is 0 Å². The first-order chi connectivity index (χ1) is 9.72. The van der Waals surface area contributed by atoms with E-state index < -0.39 is 0 Å². The average Bonchev–Trinajstić information content (AvgIpc) is 2.47. The van der Waals surface area contributed by atoms with E-state index in [1.807, 2.05) is 36.4 Å². The Morgan fingerprint density at radius 3 is 3.00 bits per heavy atom. The lowest BCUT2D eigenvalue weighted by Gasteiger charge is -2.28. The highest BCUT2D eigenvalue weighted by Crippen LogP contribution is 2.18. The van der Waals surface area contributed by atoms with E-state index in [1.165, 1.54) is 0 Å². The molecule has 1 aromatic carbocycles. The number of aromatic nitrogens is 1. The summed E-state index contributed by atoms with van der Waals surface area (Å²) in [4.78, 5) is 19.0. The predicted octanol–water partition coefficient (Wildman–Crippen LogP) is 2.52. The lowest BCUT2D eigenvalue weighted by Crippen LogP contribution is -2.38. The maximum atomic E-state index is 12.3. The standard InChI is InChI=1S/C16H19N3O/c1-19-10-4-6-13(11-19)16(20)18-15-9-8-12-5-2-3-7-14(12)17-15/h2-3,5,7-9,13H,4,6,10-11H2,1H3,(H,17,18,20). The third kappa shape index (κ3) is 2.80. The van der Waals surface area contributed by atoms with E-state index in [0.717, 1.165) is 36.8 Å². The zero-order valence-electron chi connectivity index (χ0n) is 11.7. The summed E-state index contributed by atoms with van der Waals surface area (Å²) in [5, 5.41) is 4.03. The van der Waals surface area contributed by atoms with Crippen molar-refractivity contribution in [3.05, 3.63) is 36.4 Å². The number of carbonyl (C=O) groups excluding carboxylic acids is 1. The topological polar surface area (TPSA) is 45.2 Å². The van der Waals surface area contributed by atoms with Crippen LogP contribution in [0, 0.1) is 5.92 Å². The molecule has 1 aromatic heterocycles. The molecule has 0 bridgehead atoms. The van der Waals surface area contributed by atoms with E-state index in [0.29, 0.717) is 5.82 Å². The minimum atomic E-state index is 0.0713. The Kier molecular flexibility index (Phi) is 3.65. The van der Waals surface area contributed by atoms with E-state index in [9.17, 15) is 4.79 Å². The minimum Gasteiger partial charge on any atom is -0.310 e. The Balaban J connectivity index is 1.73. The van der Waals surface area contributed by atoms with Gasteiger partial charge in [0.25, 0.3) is 0 Å². The second-order valence-electron chi connectivity index (χ2n) is 5.48. The molecule has 1 amide bonds. The van der Waals surface area contributed by atoms with Crippen LogP contribution in [-0.2, 0) is 4.79 Å². The number of para-hydroxylation sites is 1. The van der Waals surface area contributed by atoms with Crippen molar-refractivity contribution in [1.82, 2.24) is 9.88 Å². The van der Waals surface area contributed by atoms with Crippen LogP contribution in [0.2, 0.25) is 0 Å². The van der Waals surface area contributed by atoms with Crippen LogP contribution in [0.15, 0.2) is 36.4 Å². The molecule has 1 aliphatic rings. The third-order valence-corrected chi connectivity index (χ3v) is 3.84. The number of hydrogen-bond acceptors (Lipinski definition) is 3. The number of carbonyl (C=O) groups is 1. The number of hydrogen-bond donors (Lipinski definition) is 1. The van der Waals surface area contributed by atoms with Crippen molar-refractivity contribution >= 4 is 22.6 Å². The number of nitrogens with one attached hydrogen (secondary N) is 1. The van der Waals surface area contributed by atoms with Crippen LogP contribution in [-0.4, -0.2) is 35.9 Å². The van der Waals surface area contributed by atoms with Gasteiger partial charge < -0.3 is 10.2 Å². The van der Waals surface area contributed by atoms with Crippen molar-refractivity contribution in [3.8, 4) is 0 Å². The maximum Gasteiger partial charge on any atom is 0.229 e. The molecule has 4 nitrogen and oxygen atoms in total. The summed E-state index contributed by atoms with van der Waals surface area (Å²) in [6, 6.07) is 11.8. The molecule has 4 heteroatoms. The van der Waals surface area contributed by atoms with Crippen molar-refractivity contribution in [2.45, 2.75) is 12.8 Å². The normalized spacial score (nSPS) is 19.9.